The first-order valence-electron chi connectivity index (χ1n) is 15.7. The Morgan fingerprint density at radius 2 is 1.81 bits per heavy atom. The van der Waals surface area contributed by atoms with Gasteiger partial charge in [0.25, 0.3) is 0 Å². The van der Waals surface area contributed by atoms with E-state index in [1.807, 2.05) is 41.1 Å². The summed E-state index contributed by atoms with van der Waals surface area (Å²) in [6.07, 6.45) is 13.5. The highest BCUT2D eigenvalue weighted by Gasteiger charge is 2.45. The van der Waals surface area contributed by atoms with Crippen molar-refractivity contribution in [1.82, 2.24) is 19.4 Å². The number of amides is 1. The summed E-state index contributed by atoms with van der Waals surface area (Å²) in [7, 11) is -3.01. The number of nitrogens with zero attached hydrogens (tertiary/aromatic N) is 4. The number of nitrogens with one attached hydrogen (secondary N) is 1. The Morgan fingerprint density at radius 1 is 1.05 bits per heavy atom. The number of hydrogen-bond acceptors (Lipinski definition) is 8. The Hall–Kier alpha value is -3.18. The van der Waals surface area contributed by atoms with Crippen LogP contribution in [0.25, 0.3) is 16.7 Å². The Balaban J connectivity index is 1.05. The highest BCUT2D eigenvalue weighted by atomic mass is 32.2. The molecule has 3 fully saturated rings. The first kappa shape index (κ1) is 29.9. The molecule has 11 heteroatoms. The molecule has 1 saturated carbocycles. The lowest BCUT2D eigenvalue weighted by Crippen LogP contribution is -2.51. The van der Waals surface area contributed by atoms with Crippen molar-refractivity contribution >= 4 is 32.6 Å². The number of carbonyl (C=O) groups is 1. The minimum Gasteiger partial charge on any atom is -0.493 e. The van der Waals surface area contributed by atoms with E-state index in [0.29, 0.717) is 43.1 Å². The molecule has 4 heterocycles. The van der Waals surface area contributed by atoms with E-state index in [4.69, 9.17) is 14.5 Å². The second-order valence-electron chi connectivity index (χ2n) is 12.3. The molecule has 2 bridgehead atoms. The van der Waals surface area contributed by atoms with E-state index >= 15 is 0 Å². The molecule has 0 spiro atoms. The van der Waals surface area contributed by atoms with Crippen LogP contribution >= 0.6 is 0 Å². The van der Waals surface area contributed by atoms with Gasteiger partial charge in [-0.2, -0.15) is 4.98 Å². The van der Waals surface area contributed by atoms with Crippen LogP contribution < -0.4 is 10.1 Å². The molecule has 1 aliphatic carbocycles. The lowest BCUT2D eigenvalue weighted by atomic mass is 9.84. The number of anilines is 1. The third kappa shape index (κ3) is 6.82. The molecular formula is C32H43N5O5S. The van der Waals surface area contributed by atoms with Gasteiger partial charge in [0.15, 0.2) is 0 Å². The summed E-state index contributed by atoms with van der Waals surface area (Å²) in [4.78, 5) is 25.1. The van der Waals surface area contributed by atoms with Gasteiger partial charge in [0.1, 0.15) is 21.4 Å². The Labute approximate surface area is 254 Å². The summed E-state index contributed by atoms with van der Waals surface area (Å²) in [5, 5.41) is 4.47. The fraction of sp³-hybridized carbons (Fsp3) is 0.594. The van der Waals surface area contributed by atoms with Crippen molar-refractivity contribution < 1.29 is 22.7 Å². The molecule has 10 nitrogen and oxygen atoms in total. The second-order valence-corrected chi connectivity index (χ2v) is 14.6. The van der Waals surface area contributed by atoms with Crippen LogP contribution in [0.15, 0.2) is 42.7 Å². The molecule has 43 heavy (non-hydrogen) atoms. The van der Waals surface area contributed by atoms with Crippen molar-refractivity contribution in [3.63, 3.8) is 0 Å². The van der Waals surface area contributed by atoms with Crippen molar-refractivity contribution in [2.75, 3.05) is 30.5 Å². The van der Waals surface area contributed by atoms with Crippen LogP contribution in [0.1, 0.15) is 64.7 Å². The number of sulfone groups is 1. The van der Waals surface area contributed by atoms with E-state index in [2.05, 4.69) is 22.1 Å². The number of aromatic nitrogens is 3. The van der Waals surface area contributed by atoms with Crippen LogP contribution in [-0.2, 0) is 19.4 Å². The molecule has 1 aromatic carbocycles. The maximum Gasteiger partial charge on any atom is 0.226 e. The van der Waals surface area contributed by atoms with E-state index < -0.39 is 9.84 Å². The normalized spacial score (nSPS) is 25.6. The number of fused-ring (bicyclic) bond motifs is 3. The minimum absolute atomic E-state index is 0.103. The highest BCUT2D eigenvalue weighted by molar-refractivity contribution is 7.90. The third-order valence-electron chi connectivity index (χ3n) is 9.25. The van der Waals surface area contributed by atoms with Gasteiger partial charge in [-0.1, -0.05) is 6.07 Å². The fourth-order valence-electron chi connectivity index (χ4n) is 7.26. The number of benzene rings is 1. The summed E-state index contributed by atoms with van der Waals surface area (Å²) < 4.78 is 36.7. The standard InChI is InChI=1S/C32H43N5O5S/c1-3-41-26-20-24-12-13-25(21-26)37(24)31(38)22-8-10-23(11-9-22)34-32-33-16-14-30(35-32)36-17-15-27-28(36)6-4-7-29(27)42-18-5-19-43(2,39)40/h4,6-7,14-17,22-26H,3,5,8-13,18-21H2,1-2H3,(H,33,34,35). The molecule has 3 aromatic rings. The maximum atomic E-state index is 13.6. The number of hydrogen-bond donors (Lipinski definition) is 1. The van der Waals surface area contributed by atoms with Crippen LogP contribution in [0.4, 0.5) is 5.95 Å². The molecule has 2 atom stereocenters. The van der Waals surface area contributed by atoms with Gasteiger partial charge in [0.2, 0.25) is 11.9 Å². The summed E-state index contributed by atoms with van der Waals surface area (Å²) in [5.74, 6) is 2.61. The first-order chi connectivity index (χ1) is 20.8. The molecule has 2 aromatic heterocycles. The summed E-state index contributed by atoms with van der Waals surface area (Å²) in [6.45, 7) is 3.13. The zero-order chi connectivity index (χ0) is 30.0. The quantitative estimate of drug-likeness (QED) is 0.310. The number of ether oxygens (including phenoxy) is 2. The predicted octanol–water partition coefficient (Wildman–Crippen LogP) is 4.76. The first-order valence-corrected chi connectivity index (χ1v) is 17.8. The van der Waals surface area contributed by atoms with Gasteiger partial charge in [0, 0.05) is 54.7 Å². The molecule has 6 rings (SSSR count). The van der Waals surface area contributed by atoms with Gasteiger partial charge in [-0.05, 0) is 89.0 Å². The van der Waals surface area contributed by atoms with Gasteiger partial charge in [-0.15, -0.1) is 0 Å². The number of rotatable bonds is 11. The van der Waals surface area contributed by atoms with E-state index in [9.17, 15) is 13.2 Å². The van der Waals surface area contributed by atoms with Gasteiger partial charge in [-0.3, -0.25) is 4.79 Å². The molecule has 2 unspecified atom stereocenters. The van der Waals surface area contributed by atoms with Gasteiger partial charge in [-0.25, -0.2) is 13.4 Å². The van der Waals surface area contributed by atoms with Crippen LogP contribution in [0.2, 0.25) is 0 Å². The average molecular weight is 610 g/mol. The zero-order valence-electron chi connectivity index (χ0n) is 25.2. The van der Waals surface area contributed by atoms with Crippen molar-refractivity contribution in [3.8, 4) is 11.6 Å². The van der Waals surface area contributed by atoms with E-state index in [0.717, 1.165) is 80.4 Å². The largest absolute Gasteiger partial charge is 0.493 e. The molecular weight excluding hydrogens is 566 g/mol. The van der Waals surface area contributed by atoms with E-state index in [1.54, 1.807) is 6.20 Å². The topological polar surface area (TPSA) is 116 Å². The maximum absolute atomic E-state index is 13.6. The zero-order valence-corrected chi connectivity index (χ0v) is 26.0. The van der Waals surface area contributed by atoms with E-state index in [-0.39, 0.29) is 17.7 Å². The van der Waals surface area contributed by atoms with Crippen molar-refractivity contribution in [1.29, 1.82) is 0 Å². The molecule has 2 aliphatic heterocycles. The monoisotopic (exact) mass is 609 g/mol. The molecule has 2 saturated heterocycles. The van der Waals surface area contributed by atoms with Crippen molar-refractivity contribution in [2.45, 2.75) is 88.9 Å². The van der Waals surface area contributed by atoms with Crippen molar-refractivity contribution in [3.05, 3.63) is 42.7 Å². The average Bonchev–Trinajstić information content (AvgIpc) is 3.54. The SMILES string of the molecule is CCOC1CC2CCC(C1)N2C(=O)C1CCC(Nc2nccc(-n3ccc4c(OCCCS(C)(=O)=O)cccc43)n2)CC1. The van der Waals surface area contributed by atoms with Crippen LogP contribution in [-0.4, -0.2) is 83.2 Å². The van der Waals surface area contributed by atoms with E-state index in [1.165, 1.54) is 6.26 Å². The molecule has 1 amide bonds. The highest BCUT2D eigenvalue weighted by Crippen LogP contribution is 2.40. The lowest BCUT2D eigenvalue weighted by Gasteiger charge is -2.41. The Kier molecular flexibility index (Phi) is 8.90. The van der Waals surface area contributed by atoms with Crippen LogP contribution in [0, 0.1) is 5.92 Å². The summed E-state index contributed by atoms with van der Waals surface area (Å²) in [5.41, 5.74) is 0.948. The molecule has 1 N–H and O–H groups in total. The molecule has 0 radical (unpaired) electrons. The Morgan fingerprint density at radius 3 is 2.53 bits per heavy atom. The van der Waals surface area contributed by atoms with Crippen molar-refractivity contribution in [2.24, 2.45) is 5.92 Å². The Bertz CT molecular complexity index is 1520. The third-order valence-corrected chi connectivity index (χ3v) is 10.3. The lowest BCUT2D eigenvalue weighted by molar-refractivity contribution is -0.143. The molecule has 3 aliphatic rings. The fourth-order valence-corrected chi connectivity index (χ4v) is 7.90. The number of piperidine rings is 1. The summed E-state index contributed by atoms with van der Waals surface area (Å²) >= 11 is 0. The van der Waals surface area contributed by atoms with Gasteiger partial charge >= 0.3 is 0 Å². The van der Waals surface area contributed by atoms with Crippen LogP contribution in [0.3, 0.4) is 0 Å². The smallest absolute Gasteiger partial charge is 0.226 e. The summed E-state index contributed by atoms with van der Waals surface area (Å²) in [6, 6.07) is 10.6. The number of carbonyl (C=O) groups excluding carboxylic acids is 1. The second kappa shape index (κ2) is 12.8. The van der Waals surface area contributed by atoms with Gasteiger partial charge < -0.3 is 24.3 Å². The predicted molar refractivity (Wildman–Crippen MR) is 166 cm³/mol. The van der Waals surface area contributed by atoms with Crippen LogP contribution in [0.5, 0.6) is 5.75 Å². The minimum atomic E-state index is -3.01. The molecule has 232 valence electrons. The van der Waals surface area contributed by atoms with Gasteiger partial charge in [0.05, 0.1) is 24.0 Å².